The summed E-state index contributed by atoms with van der Waals surface area (Å²) >= 11 is 0. The standard InChI is InChI=1S/C22H26N2/c1-3-17-15-22(24-20-13-9-6-10-14-20)18(4-2)16-21(17)23-19-11-7-5-8-12-19/h3-14,21-24H,15-16H2,1-2H3/b17-3+,18-4+/t21-,22+/i3D,4D. The highest BCUT2D eigenvalue weighted by Gasteiger charge is 2.28. The van der Waals surface area contributed by atoms with Crippen LogP contribution in [-0.4, -0.2) is 12.1 Å². The lowest BCUT2D eigenvalue weighted by Gasteiger charge is -2.36. The van der Waals surface area contributed by atoms with Gasteiger partial charge >= 0.3 is 0 Å². The number of hydrogen-bond donors (Lipinski definition) is 2. The number of allylic oxidation sites excluding steroid dienone is 2. The van der Waals surface area contributed by atoms with E-state index in [1.165, 1.54) is 0 Å². The van der Waals surface area contributed by atoms with Crippen molar-refractivity contribution in [3.05, 3.63) is 83.9 Å². The van der Waals surface area contributed by atoms with Crippen molar-refractivity contribution >= 4 is 11.4 Å². The summed E-state index contributed by atoms with van der Waals surface area (Å²) in [6.07, 6.45) is 1.47. The highest BCUT2D eigenvalue weighted by Crippen LogP contribution is 2.32. The van der Waals surface area contributed by atoms with Crippen LogP contribution in [0.25, 0.3) is 0 Å². The minimum Gasteiger partial charge on any atom is -0.378 e. The largest absolute Gasteiger partial charge is 0.378 e. The molecule has 0 unspecified atom stereocenters. The molecule has 0 bridgehead atoms. The van der Waals surface area contributed by atoms with Gasteiger partial charge in [-0.25, -0.2) is 0 Å². The molecule has 0 aliphatic heterocycles. The van der Waals surface area contributed by atoms with Crippen LogP contribution in [0, 0.1) is 0 Å². The number of hydrogen-bond acceptors (Lipinski definition) is 2. The maximum absolute atomic E-state index is 8.26. The third kappa shape index (κ3) is 3.88. The number of benzene rings is 2. The first kappa shape index (κ1) is 13.9. The van der Waals surface area contributed by atoms with Crippen LogP contribution in [0.1, 0.15) is 29.4 Å². The predicted octanol–water partition coefficient (Wildman–Crippen LogP) is 5.63. The van der Waals surface area contributed by atoms with Gasteiger partial charge in [-0.15, -0.1) is 0 Å². The van der Waals surface area contributed by atoms with Gasteiger partial charge in [-0.05, 0) is 62.1 Å². The molecule has 0 amide bonds. The molecule has 0 aromatic heterocycles. The van der Waals surface area contributed by atoms with Crippen molar-refractivity contribution in [2.45, 2.75) is 38.8 Å². The Labute approximate surface area is 148 Å². The Bertz CT molecular complexity index is 720. The summed E-state index contributed by atoms with van der Waals surface area (Å²) in [4.78, 5) is 0. The molecule has 2 heteroatoms. The summed E-state index contributed by atoms with van der Waals surface area (Å²) in [6.45, 7) is 3.72. The van der Waals surface area contributed by atoms with E-state index < -0.39 is 0 Å². The van der Waals surface area contributed by atoms with Crippen LogP contribution < -0.4 is 10.6 Å². The van der Waals surface area contributed by atoms with Crippen molar-refractivity contribution in [1.29, 1.82) is 0 Å². The zero-order chi connectivity index (χ0) is 18.5. The summed E-state index contributed by atoms with van der Waals surface area (Å²) in [6, 6.07) is 21.5. The maximum Gasteiger partial charge on any atom is 0.0573 e. The molecule has 0 heterocycles. The molecule has 1 saturated carbocycles. The van der Waals surface area contributed by atoms with Crippen LogP contribution in [0.15, 0.2) is 83.9 Å². The van der Waals surface area contributed by atoms with Crippen molar-refractivity contribution in [2.24, 2.45) is 0 Å². The molecule has 24 heavy (non-hydrogen) atoms. The summed E-state index contributed by atoms with van der Waals surface area (Å²) in [5.41, 5.74) is 4.31. The van der Waals surface area contributed by atoms with Crippen LogP contribution >= 0.6 is 0 Å². The lowest BCUT2D eigenvalue weighted by Crippen LogP contribution is -2.36. The van der Waals surface area contributed by atoms with Crippen LogP contribution in [0.5, 0.6) is 0 Å². The molecule has 3 rings (SSSR count). The smallest absolute Gasteiger partial charge is 0.0573 e. The van der Waals surface area contributed by atoms with Gasteiger partial charge in [-0.3, -0.25) is 0 Å². The summed E-state index contributed by atoms with van der Waals surface area (Å²) in [5, 5.41) is 7.12. The van der Waals surface area contributed by atoms with Gasteiger partial charge in [0.25, 0.3) is 0 Å². The van der Waals surface area contributed by atoms with Crippen LogP contribution in [-0.2, 0) is 0 Å². The number of nitrogens with one attached hydrogen (secondary N) is 2. The van der Waals surface area contributed by atoms with Crippen molar-refractivity contribution < 1.29 is 2.74 Å². The lowest BCUT2D eigenvalue weighted by atomic mass is 9.82. The summed E-state index contributed by atoms with van der Waals surface area (Å²) in [7, 11) is 0. The Morgan fingerprint density at radius 2 is 1.12 bits per heavy atom. The highest BCUT2D eigenvalue weighted by molar-refractivity contribution is 5.50. The zero-order valence-corrected chi connectivity index (χ0v) is 14.3. The quantitative estimate of drug-likeness (QED) is 0.713. The molecule has 2 aromatic rings. The van der Waals surface area contributed by atoms with E-state index in [0.717, 1.165) is 35.4 Å². The minimum atomic E-state index is 0.0547. The SMILES string of the molecule is [2H]/C(C)=C1/C[C@@H](Nc2ccccc2)/C(=C(\[2H])C)C[C@@H]1Nc1ccccc1. The molecule has 2 aromatic carbocycles. The van der Waals surface area contributed by atoms with Gasteiger partial charge in [-0.2, -0.15) is 0 Å². The topological polar surface area (TPSA) is 24.1 Å². The molecule has 0 radical (unpaired) electrons. The molecule has 124 valence electrons. The molecule has 1 aliphatic rings. The third-order valence-electron chi connectivity index (χ3n) is 4.56. The first-order valence-corrected chi connectivity index (χ1v) is 8.50. The van der Waals surface area contributed by atoms with Crippen LogP contribution in [0.4, 0.5) is 11.4 Å². The predicted molar refractivity (Wildman–Crippen MR) is 104 cm³/mol. The second kappa shape index (κ2) is 7.87. The Kier molecular flexibility index (Phi) is 4.56. The summed E-state index contributed by atoms with van der Waals surface area (Å²) < 4.78 is 16.5. The van der Waals surface area contributed by atoms with E-state index in [1.807, 2.05) is 74.5 Å². The summed E-state index contributed by atoms with van der Waals surface area (Å²) in [5.74, 6) is 0. The van der Waals surface area contributed by atoms with E-state index in [1.54, 1.807) is 0 Å². The molecular formula is C22H26N2. The molecular weight excluding hydrogens is 292 g/mol. The Morgan fingerprint density at radius 3 is 1.46 bits per heavy atom. The lowest BCUT2D eigenvalue weighted by molar-refractivity contribution is 0.621. The van der Waals surface area contributed by atoms with Crippen molar-refractivity contribution in [3.8, 4) is 0 Å². The zero-order valence-electron chi connectivity index (χ0n) is 16.3. The molecule has 0 saturated heterocycles. The van der Waals surface area contributed by atoms with Crippen molar-refractivity contribution in [1.82, 2.24) is 0 Å². The monoisotopic (exact) mass is 320 g/mol. The number of anilines is 2. The molecule has 1 fully saturated rings. The average Bonchev–Trinajstić information content (AvgIpc) is 2.64. The van der Waals surface area contributed by atoms with Gasteiger partial charge < -0.3 is 10.6 Å². The average molecular weight is 320 g/mol. The molecule has 2 nitrogen and oxygen atoms in total. The van der Waals surface area contributed by atoms with E-state index in [9.17, 15) is 0 Å². The third-order valence-corrected chi connectivity index (χ3v) is 4.56. The number of para-hydroxylation sites is 2. The Hall–Kier alpha value is -2.48. The fourth-order valence-corrected chi connectivity index (χ4v) is 3.27. The van der Waals surface area contributed by atoms with Crippen molar-refractivity contribution in [2.75, 3.05) is 10.6 Å². The molecule has 2 N–H and O–H groups in total. The van der Waals surface area contributed by atoms with E-state index in [-0.39, 0.29) is 12.1 Å². The molecule has 1 aliphatic carbocycles. The van der Waals surface area contributed by atoms with Gasteiger partial charge in [0.05, 0.1) is 14.8 Å². The molecule has 2 atom stereocenters. The highest BCUT2D eigenvalue weighted by atomic mass is 15.0. The molecule has 0 spiro atoms. The van der Waals surface area contributed by atoms with E-state index in [4.69, 9.17) is 2.74 Å². The van der Waals surface area contributed by atoms with E-state index in [0.29, 0.717) is 12.1 Å². The minimum absolute atomic E-state index is 0.0547. The van der Waals surface area contributed by atoms with Crippen LogP contribution in [0.2, 0.25) is 0 Å². The van der Waals surface area contributed by atoms with Crippen LogP contribution in [0.3, 0.4) is 0 Å². The Balaban J connectivity index is 1.87. The van der Waals surface area contributed by atoms with Gasteiger partial charge in [0.2, 0.25) is 0 Å². The van der Waals surface area contributed by atoms with Gasteiger partial charge in [0, 0.05) is 11.4 Å². The Morgan fingerprint density at radius 1 is 0.750 bits per heavy atom. The first-order chi connectivity index (χ1) is 12.5. The first-order valence-electron chi connectivity index (χ1n) is 9.50. The fraction of sp³-hybridized carbons (Fsp3) is 0.273. The second-order valence-electron chi connectivity index (χ2n) is 6.08. The van der Waals surface area contributed by atoms with Gasteiger partial charge in [0.1, 0.15) is 0 Å². The number of rotatable bonds is 4. The van der Waals surface area contributed by atoms with Crippen molar-refractivity contribution in [3.63, 3.8) is 0 Å². The maximum atomic E-state index is 8.26. The second-order valence-corrected chi connectivity index (χ2v) is 6.08. The normalized spacial score (nSPS) is 26.1. The van der Waals surface area contributed by atoms with Gasteiger partial charge in [0.15, 0.2) is 0 Å². The van der Waals surface area contributed by atoms with E-state index >= 15 is 0 Å². The van der Waals surface area contributed by atoms with Gasteiger partial charge in [-0.1, -0.05) is 48.5 Å². The fourth-order valence-electron chi connectivity index (χ4n) is 3.27. The van der Waals surface area contributed by atoms with E-state index in [2.05, 4.69) is 10.6 Å².